The van der Waals surface area contributed by atoms with Crippen LogP contribution < -0.4 is 14.8 Å². The molecule has 24 heavy (non-hydrogen) atoms. The van der Waals surface area contributed by atoms with Gasteiger partial charge in [-0.1, -0.05) is 6.07 Å². The molecule has 0 atom stereocenters. The van der Waals surface area contributed by atoms with Crippen molar-refractivity contribution in [2.24, 2.45) is 0 Å². The Morgan fingerprint density at radius 1 is 1.25 bits per heavy atom. The number of aromatic nitrogens is 1. The van der Waals surface area contributed by atoms with E-state index >= 15 is 0 Å². The van der Waals surface area contributed by atoms with Crippen molar-refractivity contribution in [3.05, 3.63) is 53.9 Å². The van der Waals surface area contributed by atoms with Gasteiger partial charge in [-0.25, -0.2) is 13.1 Å². The van der Waals surface area contributed by atoms with Gasteiger partial charge in [-0.05, 0) is 37.3 Å². The molecule has 1 amide bonds. The largest absolute Gasteiger partial charge is 0.496 e. The van der Waals surface area contributed by atoms with Crippen molar-refractivity contribution >= 4 is 15.9 Å². The summed E-state index contributed by atoms with van der Waals surface area (Å²) in [6.07, 6.45) is 1.59. The number of methoxy groups -OCH3 is 1. The van der Waals surface area contributed by atoms with Crippen LogP contribution in [-0.4, -0.2) is 33.0 Å². The third-order valence-corrected chi connectivity index (χ3v) is 4.63. The fourth-order valence-electron chi connectivity index (χ4n) is 2.04. The van der Waals surface area contributed by atoms with Gasteiger partial charge in [0, 0.05) is 12.7 Å². The third-order valence-electron chi connectivity index (χ3n) is 3.23. The van der Waals surface area contributed by atoms with Gasteiger partial charge in [-0.3, -0.25) is 9.78 Å². The molecule has 7 nitrogen and oxygen atoms in total. The molecule has 0 aliphatic rings. The highest BCUT2D eigenvalue weighted by Gasteiger charge is 2.19. The van der Waals surface area contributed by atoms with Crippen molar-refractivity contribution in [2.45, 2.75) is 18.4 Å². The maximum atomic E-state index is 12.4. The zero-order valence-electron chi connectivity index (χ0n) is 13.4. The average molecular weight is 349 g/mol. The molecule has 1 heterocycles. The predicted molar refractivity (Wildman–Crippen MR) is 89.3 cm³/mol. The Balaban J connectivity index is 2.26. The van der Waals surface area contributed by atoms with Crippen LogP contribution in [0.2, 0.25) is 0 Å². The van der Waals surface area contributed by atoms with E-state index in [0.717, 1.165) is 0 Å². The fraction of sp³-hybridized carbons (Fsp3) is 0.250. The molecule has 0 bridgehead atoms. The summed E-state index contributed by atoms with van der Waals surface area (Å²) in [7, 11) is -2.36. The molecule has 0 aliphatic carbocycles. The standard InChI is InChI=1S/C16H19N3O4S/c1-3-17-16(20)14-10-13(7-8-15(14)23-2)24(21,22)19-11-12-6-4-5-9-18-12/h4-10,19H,3,11H2,1-2H3,(H,17,20). The quantitative estimate of drug-likeness (QED) is 0.786. The Bertz CT molecular complexity index is 807. The molecule has 1 aromatic heterocycles. The van der Waals surface area contributed by atoms with E-state index in [9.17, 15) is 13.2 Å². The maximum Gasteiger partial charge on any atom is 0.255 e. The van der Waals surface area contributed by atoms with E-state index in [-0.39, 0.29) is 17.0 Å². The number of carbonyl (C=O) groups is 1. The fourth-order valence-corrected chi connectivity index (χ4v) is 3.07. The Hall–Kier alpha value is -2.45. The van der Waals surface area contributed by atoms with Crippen LogP contribution >= 0.6 is 0 Å². The number of nitrogens with zero attached hydrogens (tertiary/aromatic N) is 1. The first-order valence-corrected chi connectivity index (χ1v) is 8.82. The van der Waals surface area contributed by atoms with Crippen LogP contribution in [0.4, 0.5) is 0 Å². The van der Waals surface area contributed by atoms with Crippen LogP contribution in [0, 0.1) is 0 Å². The minimum absolute atomic E-state index is 0.0134. The second-order valence-corrected chi connectivity index (χ2v) is 6.63. The summed E-state index contributed by atoms with van der Waals surface area (Å²) in [4.78, 5) is 16.1. The summed E-state index contributed by atoms with van der Waals surface area (Å²) >= 11 is 0. The normalized spacial score (nSPS) is 11.1. The number of hydrogen-bond acceptors (Lipinski definition) is 5. The summed E-state index contributed by atoms with van der Waals surface area (Å²) in [6, 6.07) is 9.39. The second-order valence-electron chi connectivity index (χ2n) is 4.87. The summed E-state index contributed by atoms with van der Waals surface area (Å²) in [5.74, 6) is -0.0826. The molecule has 0 unspecified atom stereocenters. The molecule has 1 aromatic carbocycles. The van der Waals surface area contributed by atoms with Crippen molar-refractivity contribution in [3.63, 3.8) is 0 Å². The van der Waals surface area contributed by atoms with E-state index in [1.807, 2.05) is 0 Å². The summed E-state index contributed by atoms with van der Waals surface area (Å²) < 4.78 is 32.4. The molecule has 2 aromatic rings. The van der Waals surface area contributed by atoms with Crippen LogP contribution in [0.1, 0.15) is 23.0 Å². The van der Waals surface area contributed by atoms with Gasteiger partial charge in [0.2, 0.25) is 10.0 Å². The zero-order valence-corrected chi connectivity index (χ0v) is 14.3. The van der Waals surface area contributed by atoms with Crippen molar-refractivity contribution in [3.8, 4) is 5.75 Å². The number of nitrogens with one attached hydrogen (secondary N) is 2. The van der Waals surface area contributed by atoms with E-state index in [1.54, 1.807) is 31.3 Å². The number of rotatable bonds is 7. The first-order chi connectivity index (χ1) is 11.5. The Morgan fingerprint density at radius 3 is 2.67 bits per heavy atom. The summed E-state index contributed by atoms with van der Waals surface area (Å²) in [6.45, 7) is 2.27. The Kier molecular flexibility index (Phi) is 5.88. The maximum absolute atomic E-state index is 12.4. The Morgan fingerprint density at radius 2 is 2.04 bits per heavy atom. The lowest BCUT2D eigenvalue weighted by molar-refractivity contribution is 0.0952. The molecule has 0 spiro atoms. The minimum Gasteiger partial charge on any atom is -0.496 e. The van der Waals surface area contributed by atoms with Gasteiger partial charge < -0.3 is 10.1 Å². The smallest absolute Gasteiger partial charge is 0.255 e. The number of pyridine rings is 1. The molecule has 0 fully saturated rings. The van der Waals surface area contributed by atoms with Crippen molar-refractivity contribution in [2.75, 3.05) is 13.7 Å². The predicted octanol–water partition coefficient (Wildman–Crippen LogP) is 1.32. The number of benzene rings is 1. The topological polar surface area (TPSA) is 97.4 Å². The first kappa shape index (κ1) is 17.9. The van der Waals surface area contributed by atoms with Gasteiger partial charge in [0.15, 0.2) is 0 Å². The molecule has 8 heteroatoms. The van der Waals surface area contributed by atoms with E-state index in [4.69, 9.17) is 4.74 Å². The molecule has 0 radical (unpaired) electrons. The van der Waals surface area contributed by atoms with E-state index in [0.29, 0.717) is 18.0 Å². The van der Waals surface area contributed by atoms with Crippen LogP contribution in [-0.2, 0) is 16.6 Å². The Labute approximate surface area is 141 Å². The van der Waals surface area contributed by atoms with E-state index in [1.165, 1.54) is 25.3 Å². The minimum atomic E-state index is -3.78. The monoisotopic (exact) mass is 349 g/mol. The molecular formula is C16H19N3O4S. The average Bonchev–Trinajstić information content (AvgIpc) is 2.60. The molecule has 0 saturated heterocycles. The van der Waals surface area contributed by atoms with Gasteiger partial charge in [-0.15, -0.1) is 0 Å². The number of carbonyl (C=O) groups excluding carboxylic acids is 1. The lowest BCUT2D eigenvalue weighted by atomic mass is 10.2. The molecule has 0 saturated carbocycles. The highest BCUT2D eigenvalue weighted by molar-refractivity contribution is 7.89. The highest BCUT2D eigenvalue weighted by Crippen LogP contribution is 2.22. The summed E-state index contributed by atoms with van der Waals surface area (Å²) in [5.41, 5.74) is 0.763. The lowest BCUT2D eigenvalue weighted by Gasteiger charge is -2.11. The van der Waals surface area contributed by atoms with Crippen LogP contribution in [0.3, 0.4) is 0 Å². The molecule has 2 rings (SSSR count). The van der Waals surface area contributed by atoms with Crippen LogP contribution in [0.25, 0.3) is 0 Å². The number of hydrogen-bond donors (Lipinski definition) is 2. The zero-order chi connectivity index (χ0) is 17.6. The second kappa shape index (κ2) is 7.89. The van der Waals surface area contributed by atoms with Crippen molar-refractivity contribution in [1.29, 1.82) is 0 Å². The van der Waals surface area contributed by atoms with Crippen molar-refractivity contribution < 1.29 is 17.9 Å². The third kappa shape index (κ3) is 4.30. The van der Waals surface area contributed by atoms with E-state index < -0.39 is 15.9 Å². The van der Waals surface area contributed by atoms with Crippen LogP contribution in [0.15, 0.2) is 47.5 Å². The number of sulfonamides is 1. The lowest BCUT2D eigenvalue weighted by Crippen LogP contribution is -2.26. The highest BCUT2D eigenvalue weighted by atomic mass is 32.2. The van der Waals surface area contributed by atoms with Crippen molar-refractivity contribution in [1.82, 2.24) is 15.0 Å². The van der Waals surface area contributed by atoms with Gasteiger partial charge in [0.05, 0.1) is 29.8 Å². The van der Waals surface area contributed by atoms with E-state index in [2.05, 4.69) is 15.0 Å². The van der Waals surface area contributed by atoms with Crippen LogP contribution in [0.5, 0.6) is 5.75 Å². The van der Waals surface area contributed by atoms with Gasteiger partial charge in [-0.2, -0.15) is 0 Å². The SMILES string of the molecule is CCNC(=O)c1cc(S(=O)(=O)NCc2ccccn2)ccc1OC. The first-order valence-electron chi connectivity index (χ1n) is 7.33. The van der Waals surface area contributed by atoms with Gasteiger partial charge in [0.25, 0.3) is 5.91 Å². The number of ether oxygens (including phenoxy) is 1. The molecule has 128 valence electrons. The van der Waals surface area contributed by atoms with Gasteiger partial charge in [0.1, 0.15) is 5.75 Å². The van der Waals surface area contributed by atoms with Gasteiger partial charge >= 0.3 is 0 Å². The number of amides is 1. The molecule has 0 aliphatic heterocycles. The summed E-state index contributed by atoms with van der Waals surface area (Å²) in [5, 5.41) is 2.63. The molecule has 2 N–H and O–H groups in total. The molecular weight excluding hydrogens is 330 g/mol.